The van der Waals surface area contributed by atoms with Gasteiger partial charge in [0.2, 0.25) is 0 Å². The normalized spacial score (nSPS) is 10.6. The predicted molar refractivity (Wildman–Crippen MR) is 64.2 cm³/mol. The average molecular weight is 248 g/mol. The first kappa shape index (κ1) is 12.3. The van der Waals surface area contributed by atoms with Gasteiger partial charge in [-0.2, -0.15) is 0 Å². The van der Waals surface area contributed by atoms with Crippen LogP contribution in [0.25, 0.3) is 0 Å². The van der Waals surface area contributed by atoms with Crippen molar-refractivity contribution >= 4 is 5.97 Å². The molecule has 2 aromatic rings. The number of nitrogens with zero attached hydrogens (tertiary/aromatic N) is 2. The number of hydrogen-bond donors (Lipinski definition) is 1. The van der Waals surface area contributed by atoms with Crippen molar-refractivity contribution in [3.63, 3.8) is 0 Å². The molecule has 0 aliphatic heterocycles. The fourth-order valence-corrected chi connectivity index (χ4v) is 1.72. The van der Waals surface area contributed by atoms with Gasteiger partial charge < -0.3 is 9.67 Å². The summed E-state index contributed by atoms with van der Waals surface area (Å²) in [4.78, 5) is 15.0. The summed E-state index contributed by atoms with van der Waals surface area (Å²) >= 11 is 0. The molecule has 94 valence electrons. The highest BCUT2D eigenvalue weighted by Gasteiger charge is 2.10. The number of hydrogen-bond acceptors (Lipinski definition) is 2. The van der Waals surface area contributed by atoms with E-state index in [-0.39, 0.29) is 12.1 Å². The quantitative estimate of drug-likeness (QED) is 0.907. The van der Waals surface area contributed by atoms with Crippen LogP contribution >= 0.6 is 0 Å². The molecule has 18 heavy (non-hydrogen) atoms. The number of carboxylic acids is 1. The van der Waals surface area contributed by atoms with Crippen LogP contribution in [0.1, 0.15) is 27.3 Å². The molecule has 0 unspecified atom stereocenters. The molecule has 0 amide bonds. The van der Waals surface area contributed by atoms with E-state index in [9.17, 15) is 9.18 Å². The van der Waals surface area contributed by atoms with Crippen molar-refractivity contribution in [1.82, 2.24) is 9.55 Å². The summed E-state index contributed by atoms with van der Waals surface area (Å²) in [6.45, 7) is 4.04. The molecule has 0 saturated heterocycles. The minimum Gasteiger partial charge on any atom is -0.478 e. The number of imidazole rings is 1. The molecule has 0 spiro atoms. The van der Waals surface area contributed by atoms with Crippen LogP contribution in [-0.2, 0) is 6.54 Å². The number of carbonyl (C=O) groups is 1. The largest absolute Gasteiger partial charge is 0.478 e. The Balaban J connectivity index is 2.36. The van der Waals surface area contributed by atoms with Gasteiger partial charge in [0.05, 0.1) is 24.1 Å². The van der Waals surface area contributed by atoms with Gasteiger partial charge in [0, 0.05) is 11.3 Å². The maximum atomic E-state index is 13.6. The van der Waals surface area contributed by atoms with Crippen LogP contribution in [0.3, 0.4) is 0 Å². The zero-order valence-corrected chi connectivity index (χ0v) is 10.1. The van der Waals surface area contributed by atoms with Crippen molar-refractivity contribution in [3.8, 4) is 0 Å². The highest BCUT2D eigenvalue weighted by atomic mass is 19.1. The van der Waals surface area contributed by atoms with Gasteiger partial charge in [-0.3, -0.25) is 0 Å². The standard InChI is InChI=1S/C13H13FN2O2/c1-8-9(2)16(7-15-8)6-11-5-10(13(17)18)3-4-12(11)14/h3-5,7H,6H2,1-2H3,(H,17,18). The van der Waals surface area contributed by atoms with Crippen LogP contribution in [0.2, 0.25) is 0 Å². The SMILES string of the molecule is Cc1ncn(Cc2cc(C(=O)O)ccc2F)c1C. The number of aryl methyl sites for hydroxylation is 1. The second kappa shape index (κ2) is 4.60. The topological polar surface area (TPSA) is 55.1 Å². The van der Waals surface area contributed by atoms with Crippen molar-refractivity contribution in [2.24, 2.45) is 0 Å². The summed E-state index contributed by atoms with van der Waals surface area (Å²) in [5.41, 5.74) is 2.25. The molecule has 0 atom stereocenters. The molecule has 2 rings (SSSR count). The van der Waals surface area contributed by atoms with Gasteiger partial charge in [-0.1, -0.05) is 0 Å². The Hall–Kier alpha value is -2.17. The van der Waals surface area contributed by atoms with Crippen molar-refractivity contribution in [2.75, 3.05) is 0 Å². The highest BCUT2D eigenvalue weighted by Crippen LogP contribution is 2.14. The molecule has 1 heterocycles. The molecule has 4 nitrogen and oxygen atoms in total. The van der Waals surface area contributed by atoms with Crippen molar-refractivity contribution in [1.29, 1.82) is 0 Å². The predicted octanol–water partition coefficient (Wildman–Crippen LogP) is 2.39. The molecule has 0 aliphatic carbocycles. The van der Waals surface area contributed by atoms with Gasteiger partial charge in [-0.05, 0) is 32.0 Å². The first-order chi connectivity index (χ1) is 8.49. The van der Waals surface area contributed by atoms with Crippen LogP contribution in [-0.4, -0.2) is 20.6 Å². The number of carboxylic acid groups (broad SMARTS) is 1. The molecule has 0 fully saturated rings. The molecule has 0 saturated carbocycles. The fourth-order valence-electron chi connectivity index (χ4n) is 1.72. The van der Waals surface area contributed by atoms with E-state index in [0.29, 0.717) is 5.56 Å². The molecule has 0 bridgehead atoms. The number of rotatable bonds is 3. The summed E-state index contributed by atoms with van der Waals surface area (Å²) < 4.78 is 15.4. The Morgan fingerprint density at radius 1 is 1.44 bits per heavy atom. The average Bonchev–Trinajstić information content (AvgIpc) is 2.63. The number of benzene rings is 1. The Labute approximate surface area is 104 Å². The van der Waals surface area contributed by atoms with E-state index in [1.54, 1.807) is 10.9 Å². The van der Waals surface area contributed by atoms with Crippen LogP contribution in [0, 0.1) is 19.7 Å². The summed E-state index contributed by atoms with van der Waals surface area (Å²) in [5.74, 6) is -1.47. The van der Waals surface area contributed by atoms with Gasteiger partial charge in [0.25, 0.3) is 0 Å². The lowest BCUT2D eigenvalue weighted by atomic mass is 10.1. The molecule has 0 radical (unpaired) electrons. The van der Waals surface area contributed by atoms with Crippen molar-refractivity contribution in [2.45, 2.75) is 20.4 Å². The van der Waals surface area contributed by atoms with Crippen LogP contribution in [0.5, 0.6) is 0 Å². The molecular weight excluding hydrogens is 235 g/mol. The second-order valence-corrected chi connectivity index (χ2v) is 4.15. The lowest BCUT2D eigenvalue weighted by Crippen LogP contribution is -2.05. The van der Waals surface area contributed by atoms with Gasteiger partial charge in [-0.15, -0.1) is 0 Å². The molecular formula is C13H13FN2O2. The lowest BCUT2D eigenvalue weighted by Gasteiger charge is -2.08. The Morgan fingerprint density at radius 3 is 2.72 bits per heavy atom. The van der Waals surface area contributed by atoms with Crippen molar-refractivity contribution in [3.05, 3.63) is 52.9 Å². The third-order valence-corrected chi connectivity index (χ3v) is 2.98. The highest BCUT2D eigenvalue weighted by molar-refractivity contribution is 5.87. The van der Waals surface area contributed by atoms with Gasteiger partial charge >= 0.3 is 5.97 Å². The molecule has 1 N–H and O–H groups in total. The fraction of sp³-hybridized carbons (Fsp3) is 0.231. The maximum Gasteiger partial charge on any atom is 0.335 e. The smallest absolute Gasteiger partial charge is 0.335 e. The molecule has 0 aliphatic rings. The monoisotopic (exact) mass is 248 g/mol. The third-order valence-electron chi connectivity index (χ3n) is 2.98. The van der Waals surface area contributed by atoms with Crippen LogP contribution in [0.15, 0.2) is 24.5 Å². The van der Waals surface area contributed by atoms with Gasteiger partial charge in [0.15, 0.2) is 0 Å². The minimum atomic E-state index is -1.06. The van der Waals surface area contributed by atoms with Crippen molar-refractivity contribution < 1.29 is 14.3 Å². The number of halogens is 1. The maximum absolute atomic E-state index is 13.6. The number of aromatic nitrogens is 2. The summed E-state index contributed by atoms with van der Waals surface area (Å²) in [7, 11) is 0. The van der Waals surface area contributed by atoms with E-state index < -0.39 is 11.8 Å². The zero-order valence-electron chi connectivity index (χ0n) is 10.1. The van der Waals surface area contributed by atoms with E-state index in [1.807, 2.05) is 13.8 Å². The Morgan fingerprint density at radius 2 is 2.17 bits per heavy atom. The second-order valence-electron chi connectivity index (χ2n) is 4.15. The summed E-state index contributed by atoms with van der Waals surface area (Å²) in [6.07, 6.45) is 1.62. The van der Waals surface area contributed by atoms with E-state index >= 15 is 0 Å². The van der Waals surface area contributed by atoms with E-state index in [1.165, 1.54) is 18.2 Å². The van der Waals surface area contributed by atoms with Crippen LogP contribution < -0.4 is 0 Å². The number of aromatic carboxylic acids is 1. The third kappa shape index (κ3) is 2.25. The van der Waals surface area contributed by atoms with E-state index in [2.05, 4.69) is 4.98 Å². The first-order valence-electron chi connectivity index (χ1n) is 5.49. The summed E-state index contributed by atoms with van der Waals surface area (Å²) in [5, 5.41) is 8.88. The lowest BCUT2D eigenvalue weighted by molar-refractivity contribution is 0.0696. The zero-order chi connectivity index (χ0) is 13.3. The van der Waals surface area contributed by atoms with E-state index in [0.717, 1.165) is 11.4 Å². The Kier molecular flexibility index (Phi) is 3.14. The first-order valence-corrected chi connectivity index (χ1v) is 5.49. The molecule has 1 aromatic heterocycles. The van der Waals surface area contributed by atoms with E-state index in [4.69, 9.17) is 5.11 Å². The Bertz CT molecular complexity index is 605. The van der Waals surface area contributed by atoms with Gasteiger partial charge in [-0.25, -0.2) is 14.2 Å². The van der Waals surface area contributed by atoms with Crippen LogP contribution in [0.4, 0.5) is 4.39 Å². The summed E-state index contributed by atoms with van der Waals surface area (Å²) in [6, 6.07) is 3.79. The molecule has 1 aromatic carbocycles. The van der Waals surface area contributed by atoms with Gasteiger partial charge in [0.1, 0.15) is 5.82 Å². The minimum absolute atomic E-state index is 0.0842. The molecule has 5 heteroatoms.